The molecule has 0 amide bonds. The molecule has 0 aromatic heterocycles. The number of halogens is 3. The first-order valence-electron chi connectivity index (χ1n) is 14.0. The SMILES string of the molecule is COC(=O)CC[C@@H](C)[C@H]1CC[C@H]2[C@@H]3CC[C@@H]4C[C@]5(CC[C@]4(C)[C@H]3CC[C@]12C)OO[C@@](C)(C(F)(F)F)O5. The van der Waals surface area contributed by atoms with Crippen LogP contribution in [0, 0.1) is 46.3 Å². The lowest BCUT2D eigenvalue weighted by molar-refractivity contribution is -0.408. The zero-order valence-electron chi connectivity index (χ0n) is 22.4. The van der Waals surface area contributed by atoms with Crippen LogP contribution in [0.3, 0.4) is 0 Å². The fourth-order valence-electron chi connectivity index (χ4n) is 9.64. The summed E-state index contributed by atoms with van der Waals surface area (Å²) in [6.45, 7) is 8.11. The van der Waals surface area contributed by atoms with Crippen molar-refractivity contribution in [3.05, 3.63) is 0 Å². The quantitative estimate of drug-likeness (QED) is 0.292. The van der Waals surface area contributed by atoms with Gasteiger partial charge in [0, 0.05) is 26.2 Å². The summed E-state index contributed by atoms with van der Waals surface area (Å²) in [4.78, 5) is 21.9. The summed E-state index contributed by atoms with van der Waals surface area (Å²) in [7, 11) is 1.46. The van der Waals surface area contributed by atoms with E-state index in [-0.39, 0.29) is 17.3 Å². The summed E-state index contributed by atoms with van der Waals surface area (Å²) in [5.41, 5.74) is 0.393. The molecule has 8 heteroatoms. The van der Waals surface area contributed by atoms with Crippen molar-refractivity contribution in [1.82, 2.24) is 0 Å². The zero-order chi connectivity index (χ0) is 26.1. The highest BCUT2D eigenvalue weighted by atomic mass is 19.4. The highest BCUT2D eigenvalue weighted by Crippen LogP contribution is 2.69. The maximum Gasteiger partial charge on any atom is 0.446 e. The Hall–Kier alpha value is -0.860. The number of rotatable bonds is 4. The van der Waals surface area contributed by atoms with Gasteiger partial charge in [-0.25, -0.2) is 0 Å². The first-order chi connectivity index (χ1) is 16.8. The average molecular weight is 517 g/mol. The Morgan fingerprint density at radius 1 is 0.972 bits per heavy atom. The number of hydrogen-bond acceptors (Lipinski definition) is 5. The van der Waals surface area contributed by atoms with Crippen LogP contribution in [0.1, 0.15) is 98.3 Å². The summed E-state index contributed by atoms with van der Waals surface area (Å²) in [6, 6.07) is 0. The molecule has 0 aromatic carbocycles. The summed E-state index contributed by atoms with van der Waals surface area (Å²) >= 11 is 0. The largest absolute Gasteiger partial charge is 0.469 e. The van der Waals surface area contributed by atoms with Gasteiger partial charge in [-0.05, 0) is 97.7 Å². The Kier molecular flexibility index (Phi) is 6.56. The van der Waals surface area contributed by atoms with Crippen LogP contribution in [0.4, 0.5) is 13.2 Å². The van der Waals surface area contributed by atoms with E-state index in [2.05, 4.69) is 20.8 Å². The van der Waals surface area contributed by atoms with Gasteiger partial charge in [0.05, 0.1) is 7.11 Å². The number of carbonyl (C=O) groups is 1. The molecule has 0 unspecified atom stereocenters. The lowest BCUT2D eigenvalue weighted by atomic mass is 9.44. The van der Waals surface area contributed by atoms with Crippen LogP contribution in [0.5, 0.6) is 0 Å². The van der Waals surface area contributed by atoms with Gasteiger partial charge in [0.1, 0.15) is 0 Å². The molecule has 4 aliphatic carbocycles. The van der Waals surface area contributed by atoms with Gasteiger partial charge in [0.15, 0.2) is 0 Å². The number of hydrogen-bond donors (Lipinski definition) is 0. The first kappa shape index (κ1) is 26.7. The van der Waals surface area contributed by atoms with Crippen molar-refractivity contribution in [3.63, 3.8) is 0 Å². The van der Waals surface area contributed by atoms with Crippen molar-refractivity contribution in [2.45, 2.75) is 116 Å². The molecular weight excluding hydrogens is 473 g/mol. The number of ether oxygens (including phenoxy) is 2. The third kappa shape index (κ3) is 4.03. The highest BCUT2D eigenvalue weighted by molar-refractivity contribution is 5.69. The third-order valence-electron chi connectivity index (χ3n) is 11.7. The predicted octanol–water partition coefficient (Wildman–Crippen LogP) is 7.19. The predicted molar refractivity (Wildman–Crippen MR) is 126 cm³/mol. The maximum atomic E-state index is 13.5. The minimum Gasteiger partial charge on any atom is -0.469 e. The molecule has 5 aliphatic rings. The van der Waals surface area contributed by atoms with Gasteiger partial charge in [-0.15, -0.1) is 0 Å². The number of fused-ring (bicyclic) bond motifs is 5. The molecular formula is C28H43F3O5. The molecule has 5 fully saturated rings. The summed E-state index contributed by atoms with van der Waals surface area (Å²) in [6.07, 6.45) is 5.42. The molecule has 1 aliphatic heterocycles. The van der Waals surface area contributed by atoms with Gasteiger partial charge in [-0.2, -0.15) is 22.9 Å². The normalized spacial score (nSPS) is 49.3. The monoisotopic (exact) mass is 516 g/mol. The Labute approximate surface area is 213 Å². The molecule has 206 valence electrons. The van der Waals surface area contributed by atoms with E-state index in [0.717, 1.165) is 32.6 Å². The van der Waals surface area contributed by atoms with E-state index in [9.17, 15) is 18.0 Å². The van der Waals surface area contributed by atoms with Crippen LogP contribution in [-0.2, 0) is 24.0 Å². The molecule has 0 bridgehead atoms. The molecule has 1 saturated heterocycles. The second-order valence-electron chi connectivity index (χ2n) is 13.3. The number of esters is 1. The van der Waals surface area contributed by atoms with Crippen molar-refractivity contribution < 1.29 is 37.2 Å². The fourth-order valence-corrected chi connectivity index (χ4v) is 9.64. The van der Waals surface area contributed by atoms with Crippen molar-refractivity contribution in [2.75, 3.05) is 7.11 Å². The molecule has 36 heavy (non-hydrogen) atoms. The molecule has 0 aromatic rings. The van der Waals surface area contributed by atoms with Crippen LogP contribution in [0.15, 0.2) is 0 Å². The fraction of sp³-hybridized carbons (Fsp3) is 0.964. The van der Waals surface area contributed by atoms with E-state index in [4.69, 9.17) is 19.2 Å². The van der Waals surface area contributed by atoms with Crippen LogP contribution in [0.2, 0.25) is 0 Å². The molecule has 1 heterocycles. The summed E-state index contributed by atoms with van der Waals surface area (Å²) in [5, 5.41) is 0. The smallest absolute Gasteiger partial charge is 0.446 e. The molecule has 5 rings (SSSR count). The van der Waals surface area contributed by atoms with Crippen LogP contribution in [-0.4, -0.2) is 30.8 Å². The molecule has 1 spiro atoms. The second kappa shape index (κ2) is 8.84. The molecule has 0 N–H and O–H groups in total. The van der Waals surface area contributed by atoms with Crippen LogP contribution < -0.4 is 0 Å². The molecule has 10 atom stereocenters. The van der Waals surface area contributed by atoms with Crippen LogP contribution in [0.25, 0.3) is 0 Å². The first-order valence-corrected chi connectivity index (χ1v) is 14.0. The Morgan fingerprint density at radius 2 is 1.69 bits per heavy atom. The number of carbonyl (C=O) groups excluding carboxylic acids is 1. The van der Waals surface area contributed by atoms with E-state index in [1.807, 2.05) is 0 Å². The van der Waals surface area contributed by atoms with Gasteiger partial charge < -0.3 is 9.47 Å². The standard InChI is InChI=1S/C28H43F3O5/c1-17(6-11-23(32)33-5)20-9-10-21-19-8-7-18-16-27(34-26(4,35-36-27)28(29,30)31)15-14-24(18,2)22(19)12-13-25(20,21)3/h17-22H,6-16H2,1-5H3/t17-,18-,19+,20-,21+,22+,24+,25-,26+,27+/m1/s1. The van der Waals surface area contributed by atoms with E-state index in [1.54, 1.807) is 0 Å². The highest BCUT2D eigenvalue weighted by Gasteiger charge is 2.68. The summed E-state index contributed by atoms with van der Waals surface area (Å²) in [5.74, 6) is -0.777. The average Bonchev–Trinajstić information content (AvgIpc) is 3.35. The summed E-state index contributed by atoms with van der Waals surface area (Å²) < 4.78 is 51.0. The lowest BCUT2D eigenvalue weighted by Crippen LogP contribution is -2.57. The Bertz CT molecular complexity index is 865. The Morgan fingerprint density at radius 3 is 2.36 bits per heavy atom. The van der Waals surface area contributed by atoms with E-state index in [1.165, 1.54) is 32.8 Å². The van der Waals surface area contributed by atoms with E-state index >= 15 is 0 Å². The van der Waals surface area contributed by atoms with Crippen molar-refractivity contribution in [1.29, 1.82) is 0 Å². The van der Waals surface area contributed by atoms with Gasteiger partial charge in [0.25, 0.3) is 5.79 Å². The van der Waals surface area contributed by atoms with Crippen molar-refractivity contribution in [2.24, 2.45) is 46.3 Å². The molecule has 0 radical (unpaired) electrons. The van der Waals surface area contributed by atoms with Gasteiger partial charge >= 0.3 is 12.1 Å². The van der Waals surface area contributed by atoms with E-state index < -0.39 is 17.8 Å². The zero-order valence-corrected chi connectivity index (χ0v) is 22.4. The van der Waals surface area contributed by atoms with Crippen LogP contribution >= 0.6 is 0 Å². The van der Waals surface area contributed by atoms with Gasteiger partial charge in [0.2, 0.25) is 5.79 Å². The minimum absolute atomic E-state index is 0.0913. The van der Waals surface area contributed by atoms with E-state index in [0.29, 0.717) is 54.3 Å². The van der Waals surface area contributed by atoms with Crippen molar-refractivity contribution in [3.8, 4) is 0 Å². The number of alkyl halides is 3. The number of methoxy groups -OCH3 is 1. The maximum absolute atomic E-state index is 13.5. The van der Waals surface area contributed by atoms with Gasteiger partial charge in [-0.3, -0.25) is 4.79 Å². The second-order valence-corrected chi connectivity index (χ2v) is 13.3. The Balaban J connectivity index is 1.28. The van der Waals surface area contributed by atoms with Crippen molar-refractivity contribution >= 4 is 5.97 Å². The minimum atomic E-state index is -4.64. The topological polar surface area (TPSA) is 54.0 Å². The van der Waals surface area contributed by atoms with Gasteiger partial charge in [-0.1, -0.05) is 20.8 Å². The molecule has 4 saturated carbocycles. The lowest BCUT2D eigenvalue weighted by Gasteiger charge is -2.62. The molecule has 5 nitrogen and oxygen atoms in total. The third-order valence-corrected chi connectivity index (χ3v) is 11.7.